The predicted molar refractivity (Wildman–Crippen MR) is 73.4 cm³/mol. The van der Waals surface area contributed by atoms with Gasteiger partial charge in [0, 0.05) is 31.8 Å². The van der Waals surface area contributed by atoms with E-state index in [9.17, 15) is 0 Å². The van der Waals surface area contributed by atoms with Crippen LogP contribution in [0.25, 0.3) is 0 Å². The molecule has 0 aliphatic carbocycles. The molecule has 0 bridgehead atoms. The second kappa shape index (κ2) is 8.06. The van der Waals surface area contributed by atoms with Crippen LogP contribution in [0.1, 0.15) is 46.5 Å². The second-order valence-corrected chi connectivity index (χ2v) is 5.28. The average Bonchev–Trinajstić information content (AvgIpc) is 2.34. The Morgan fingerprint density at radius 2 is 2.18 bits per heavy atom. The number of rotatable bonds is 7. The summed E-state index contributed by atoms with van der Waals surface area (Å²) in [5.41, 5.74) is 0. The zero-order valence-corrected chi connectivity index (χ0v) is 12.0. The van der Waals surface area contributed by atoms with Crippen LogP contribution in [0.15, 0.2) is 0 Å². The lowest BCUT2D eigenvalue weighted by atomic mass is 9.95. The Kier molecular flexibility index (Phi) is 7.09. The summed E-state index contributed by atoms with van der Waals surface area (Å²) in [6, 6.07) is 2.00. The molecule has 1 N–H and O–H groups in total. The van der Waals surface area contributed by atoms with Gasteiger partial charge in [-0.25, -0.2) is 0 Å². The van der Waals surface area contributed by atoms with Crippen LogP contribution in [0.3, 0.4) is 0 Å². The highest BCUT2D eigenvalue weighted by Crippen LogP contribution is 2.21. The quantitative estimate of drug-likeness (QED) is 0.741. The monoisotopic (exact) mass is 242 g/mol. The van der Waals surface area contributed by atoms with E-state index in [-0.39, 0.29) is 0 Å². The van der Waals surface area contributed by atoms with Gasteiger partial charge in [0.1, 0.15) is 0 Å². The van der Waals surface area contributed by atoms with E-state index < -0.39 is 0 Å². The van der Waals surface area contributed by atoms with Crippen LogP contribution in [0, 0.1) is 0 Å². The number of hydrogen-bond acceptors (Lipinski definition) is 3. The highest BCUT2D eigenvalue weighted by Gasteiger charge is 2.29. The van der Waals surface area contributed by atoms with Gasteiger partial charge in [-0.3, -0.25) is 4.90 Å². The van der Waals surface area contributed by atoms with Crippen molar-refractivity contribution in [3.63, 3.8) is 0 Å². The number of piperidine rings is 1. The number of nitrogens with zero attached hydrogens (tertiary/aromatic N) is 1. The Hall–Kier alpha value is -0.120. The third-order valence-electron chi connectivity index (χ3n) is 3.91. The van der Waals surface area contributed by atoms with Crippen molar-refractivity contribution in [3.05, 3.63) is 0 Å². The molecule has 1 rings (SSSR count). The Bertz CT molecular complexity index is 199. The van der Waals surface area contributed by atoms with E-state index >= 15 is 0 Å². The zero-order valence-electron chi connectivity index (χ0n) is 12.0. The SMILES string of the molecule is CCCNC1CCN(C(CC)COC)C(C)C1. The van der Waals surface area contributed by atoms with Crippen LogP contribution >= 0.6 is 0 Å². The van der Waals surface area contributed by atoms with Crippen LogP contribution in [0.5, 0.6) is 0 Å². The summed E-state index contributed by atoms with van der Waals surface area (Å²) in [6.45, 7) is 10.1. The molecule has 3 heteroatoms. The standard InChI is InChI=1S/C14H30N2O/c1-5-8-15-13-7-9-16(12(3)10-13)14(6-2)11-17-4/h12-15H,5-11H2,1-4H3. The molecule has 102 valence electrons. The summed E-state index contributed by atoms with van der Waals surface area (Å²) in [5.74, 6) is 0. The number of likely N-dealkylation sites (tertiary alicyclic amines) is 1. The highest BCUT2D eigenvalue weighted by molar-refractivity contribution is 4.86. The molecular weight excluding hydrogens is 212 g/mol. The smallest absolute Gasteiger partial charge is 0.0618 e. The number of ether oxygens (including phenoxy) is 1. The van der Waals surface area contributed by atoms with Gasteiger partial charge >= 0.3 is 0 Å². The van der Waals surface area contributed by atoms with Crippen molar-refractivity contribution in [2.45, 2.75) is 64.6 Å². The molecule has 17 heavy (non-hydrogen) atoms. The fourth-order valence-corrected chi connectivity index (χ4v) is 2.91. The maximum atomic E-state index is 5.33. The van der Waals surface area contributed by atoms with Gasteiger partial charge in [0.2, 0.25) is 0 Å². The first-order valence-corrected chi connectivity index (χ1v) is 7.20. The minimum Gasteiger partial charge on any atom is -0.383 e. The zero-order chi connectivity index (χ0) is 12.7. The van der Waals surface area contributed by atoms with Crippen molar-refractivity contribution >= 4 is 0 Å². The summed E-state index contributed by atoms with van der Waals surface area (Å²) in [6.07, 6.45) is 4.98. The molecule has 3 unspecified atom stereocenters. The summed E-state index contributed by atoms with van der Waals surface area (Å²) in [7, 11) is 1.81. The first-order chi connectivity index (χ1) is 8.22. The van der Waals surface area contributed by atoms with Crippen LogP contribution < -0.4 is 5.32 Å². The lowest BCUT2D eigenvalue weighted by molar-refractivity contribution is 0.0360. The van der Waals surface area contributed by atoms with Crippen molar-refractivity contribution in [1.82, 2.24) is 10.2 Å². The molecule has 0 saturated carbocycles. The summed E-state index contributed by atoms with van der Waals surface area (Å²) < 4.78 is 5.33. The molecule has 1 aliphatic rings. The molecule has 0 radical (unpaired) electrons. The van der Waals surface area contributed by atoms with Crippen LogP contribution in [-0.2, 0) is 4.74 Å². The molecule has 0 aromatic rings. The van der Waals surface area contributed by atoms with Gasteiger partial charge in [0.25, 0.3) is 0 Å². The minimum absolute atomic E-state index is 0.599. The molecule has 3 nitrogen and oxygen atoms in total. The molecule has 1 aliphatic heterocycles. The Morgan fingerprint density at radius 3 is 2.71 bits per heavy atom. The molecule has 1 fully saturated rings. The van der Waals surface area contributed by atoms with Gasteiger partial charge in [-0.15, -0.1) is 0 Å². The van der Waals surface area contributed by atoms with E-state index in [2.05, 4.69) is 31.0 Å². The second-order valence-electron chi connectivity index (χ2n) is 5.28. The highest BCUT2D eigenvalue weighted by atomic mass is 16.5. The summed E-state index contributed by atoms with van der Waals surface area (Å²) >= 11 is 0. The summed E-state index contributed by atoms with van der Waals surface area (Å²) in [4.78, 5) is 2.63. The predicted octanol–water partition coefficient (Wildman–Crippen LogP) is 2.26. The number of methoxy groups -OCH3 is 1. The Morgan fingerprint density at radius 1 is 1.41 bits per heavy atom. The lowest BCUT2D eigenvalue weighted by Gasteiger charge is -2.42. The first kappa shape index (κ1) is 14.9. The lowest BCUT2D eigenvalue weighted by Crippen LogP contribution is -2.52. The third-order valence-corrected chi connectivity index (χ3v) is 3.91. The molecule has 0 aromatic carbocycles. The van der Waals surface area contributed by atoms with E-state index in [1.807, 2.05) is 7.11 Å². The third kappa shape index (κ3) is 4.57. The topological polar surface area (TPSA) is 24.5 Å². The Labute approximate surface area is 107 Å². The molecule has 1 heterocycles. The maximum absolute atomic E-state index is 5.33. The Balaban J connectivity index is 2.40. The first-order valence-electron chi connectivity index (χ1n) is 7.20. The van der Waals surface area contributed by atoms with E-state index in [1.54, 1.807) is 0 Å². The van der Waals surface area contributed by atoms with Gasteiger partial charge in [0.15, 0.2) is 0 Å². The molecule has 3 atom stereocenters. The van der Waals surface area contributed by atoms with E-state index in [1.165, 1.54) is 32.2 Å². The largest absolute Gasteiger partial charge is 0.383 e. The maximum Gasteiger partial charge on any atom is 0.0618 e. The van der Waals surface area contributed by atoms with Crippen LogP contribution in [-0.4, -0.2) is 49.8 Å². The van der Waals surface area contributed by atoms with Crippen LogP contribution in [0.2, 0.25) is 0 Å². The fraction of sp³-hybridized carbons (Fsp3) is 1.00. The number of nitrogens with one attached hydrogen (secondary N) is 1. The molecule has 1 saturated heterocycles. The van der Waals surface area contributed by atoms with Crippen molar-refractivity contribution < 1.29 is 4.74 Å². The van der Waals surface area contributed by atoms with Crippen LogP contribution in [0.4, 0.5) is 0 Å². The van der Waals surface area contributed by atoms with Crippen molar-refractivity contribution in [2.24, 2.45) is 0 Å². The van der Waals surface area contributed by atoms with Gasteiger partial charge in [-0.1, -0.05) is 13.8 Å². The van der Waals surface area contributed by atoms with Gasteiger partial charge in [-0.05, 0) is 39.2 Å². The van der Waals surface area contributed by atoms with Crippen molar-refractivity contribution in [3.8, 4) is 0 Å². The number of hydrogen-bond donors (Lipinski definition) is 1. The minimum atomic E-state index is 0.599. The molecule has 0 spiro atoms. The van der Waals surface area contributed by atoms with E-state index in [4.69, 9.17) is 4.74 Å². The molecular formula is C14H30N2O. The average molecular weight is 242 g/mol. The van der Waals surface area contributed by atoms with E-state index in [0.717, 1.165) is 19.2 Å². The summed E-state index contributed by atoms with van der Waals surface area (Å²) in [5, 5.41) is 3.65. The van der Waals surface area contributed by atoms with Gasteiger partial charge in [0.05, 0.1) is 6.61 Å². The normalized spacial score (nSPS) is 28.2. The van der Waals surface area contributed by atoms with Gasteiger partial charge in [-0.2, -0.15) is 0 Å². The molecule has 0 aromatic heterocycles. The van der Waals surface area contributed by atoms with Crippen molar-refractivity contribution in [2.75, 3.05) is 26.8 Å². The fourth-order valence-electron chi connectivity index (χ4n) is 2.91. The van der Waals surface area contributed by atoms with Crippen molar-refractivity contribution in [1.29, 1.82) is 0 Å². The van der Waals surface area contributed by atoms with Gasteiger partial charge < -0.3 is 10.1 Å². The van der Waals surface area contributed by atoms with E-state index in [0.29, 0.717) is 12.1 Å². The molecule has 0 amide bonds.